The average Bonchev–Trinajstić information content (AvgIpc) is 2.39. The van der Waals surface area contributed by atoms with E-state index in [2.05, 4.69) is 12.2 Å². The van der Waals surface area contributed by atoms with E-state index >= 15 is 0 Å². The van der Waals surface area contributed by atoms with E-state index in [9.17, 15) is 9.18 Å². The van der Waals surface area contributed by atoms with Crippen LogP contribution in [-0.4, -0.2) is 12.5 Å². The molecule has 0 heterocycles. The molecule has 3 nitrogen and oxygen atoms in total. The van der Waals surface area contributed by atoms with Gasteiger partial charge in [0, 0.05) is 6.42 Å². The van der Waals surface area contributed by atoms with Crippen molar-refractivity contribution >= 4 is 11.6 Å². The SMILES string of the molecule is CCC(CCN)CCC(=O)Nc1cc(C)ccc1F. The molecule has 1 atom stereocenters. The first-order chi connectivity index (χ1) is 9.06. The van der Waals surface area contributed by atoms with Crippen molar-refractivity contribution in [1.82, 2.24) is 0 Å². The topological polar surface area (TPSA) is 55.1 Å². The van der Waals surface area contributed by atoms with E-state index in [1.165, 1.54) is 6.07 Å². The van der Waals surface area contributed by atoms with Crippen molar-refractivity contribution < 1.29 is 9.18 Å². The Kier molecular flexibility index (Phi) is 6.50. The zero-order valence-corrected chi connectivity index (χ0v) is 11.7. The maximum atomic E-state index is 13.5. The van der Waals surface area contributed by atoms with Crippen LogP contribution >= 0.6 is 0 Å². The number of amides is 1. The number of aryl methyl sites for hydroxylation is 1. The molecule has 1 aromatic rings. The summed E-state index contributed by atoms with van der Waals surface area (Å²) < 4.78 is 13.5. The van der Waals surface area contributed by atoms with E-state index in [1.54, 1.807) is 12.1 Å². The third-order valence-electron chi connectivity index (χ3n) is 3.33. The largest absolute Gasteiger partial charge is 0.330 e. The Morgan fingerprint density at radius 3 is 2.79 bits per heavy atom. The maximum absolute atomic E-state index is 13.5. The molecule has 0 bridgehead atoms. The number of halogens is 1. The van der Waals surface area contributed by atoms with Gasteiger partial charge < -0.3 is 11.1 Å². The number of benzene rings is 1. The molecule has 106 valence electrons. The van der Waals surface area contributed by atoms with Crippen molar-refractivity contribution in [3.8, 4) is 0 Å². The average molecular weight is 266 g/mol. The number of carbonyl (C=O) groups is 1. The van der Waals surface area contributed by atoms with Gasteiger partial charge in [-0.05, 0) is 49.9 Å². The van der Waals surface area contributed by atoms with E-state index in [4.69, 9.17) is 5.73 Å². The Morgan fingerprint density at radius 2 is 2.16 bits per heavy atom. The smallest absolute Gasteiger partial charge is 0.224 e. The Bertz CT molecular complexity index is 421. The molecule has 0 saturated heterocycles. The number of nitrogens with two attached hydrogens (primary N) is 1. The fourth-order valence-electron chi connectivity index (χ4n) is 2.07. The second kappa shape index (κ2) is 7.89. The number of hydrogen-bond donors (Lipinski definition) is 2. The maximum Gasteiger partial charge on any atom is 0.224 e. The summed E-state index contributed by atoms with van der Waals surface area (Å²) in [7, 11) is 0. The number of anilines is 1. The highest BCUT2D eigenvalue weighted by Gasteiger charge is 2.11. The molecule has 0 aromatic heterocycles. The predicted molar refractivity (Wildman–Crippen MR) is 76.5 cm³/mol. The van der Waals surface area contributed by atoms with Crippen LogP contribution in [-0.2, 0) is 4.79 Å². The highest BCUT2D eigenvalue weighted by molar-refractivity contribution is 5.90. The molecule has 1 amide bonds. The van der Waals surface area contributed by atoms with Crippen LogP contribution in [0.1, 0.15) is 38.2 Å². The first-order valence-corrected chi connectivity index (χ1v) is 6.82. The van der Waals surface area contributed by atoms with Crippen LogP contribution in [0.2, 0.25) is 0 Å². The van der Waals surface area contributed by atoms with Crippen LogP contribution in [0, 0.1) is 18.7 Å². The minimum atomic E-state index is -0.395. The van der Waals surface area contributed by atoms with Crippen molar-refractivity contribution in [3.63, 3.8) is 0 Å². The molecule has 1 unspecified atom stereocenters. The molecule has 0 aliphatic carbocycles. The van der Waals surface area contributed by atoms with Gasteiger partial charge in [-0.15, -0.1) is 0 Å². The lowest BCUT2D eigenvalue weighted by atomic mass is 9.96. The first-order valence-electron chi connectivity index (χ1n) is 6.82. The van der Waals surface area contributed by atoms with Gasteiger partial charge in [-0.3, -0.25) is 4.79 Å². The van der Waals surface area contributed by atoms with E-state index < -0.39 is 5.82 Å². The molecule has 19 heavy (non-hydrogen) atoms. The number of carbonyl (C=O) groups excluding carboxylic acids is 1. The van der Waals surface area contributed by atoms with Crippen LogP contribution in [0.4, 0.5) is 10.1 Å². The van der Waals surface area contributed by atoms with Crippen molar-refractivity contribution in [2.75, 3.05) is 11.9 Å². The number of rotatable bonds is 7. The summed E-state index contributed by atoms with van der Waals surface area (Å²) in [5, 5.41) is 2.63. The number of hydrogen-bond acceptors (Lipinski definition) is 2. The van der Waals surface area contributed by atoms with Gasteiger partial charge in [0.15, 0.2) is 0 Å². The summed E-state index contributed by atoms with van der Waals surface area (Å²) in [6, 6.07) is 4.69. The fraction of sp³-hybridized carbons (Fsp3) is 0.533. The van der Waals surface area contributed by atoms with E-state index in [0.29, 0.717) is 18.9 Å². The fourth-order valence-corrected chi connectivity index (χ4v) is 2.07. The van der Waals surface area contributed by atoms with Crippen LogP contribution in [0.25, 0.3) is 0 Å². The summed E-state index contributed by atoms with van der Waals surface area (Å²) in [6.07, 6.45) is 3.16. The van der Waals surface area contributed by atoms with Crippen LogP contribution in [0.5, 0.6) is 0 Å². The van der Waals surface area contributed by atoms with Crippen molar-refractivity contribution in [2.45, 2.75) is 39.5 Å². The van der Waals surface area contributed by atoms with Gasteiger partial charge in [0.1, 0.15) is 5.82 Å². The Labute approximate surface area is 114 Å². The summed E-state index contributed by atoms with van der Waals surface area (Å²) in [5.74, 6) is -0.0639. The highest BCUT2D eigenvalue weighted by atomic mass is 19.1. The monoisotopic (exact) mass is 266 g/mol. The third kappa shape index (κ3) is 5.39. The summed E-state index contributed by atoms with van der Waals surface area (Å²) in [4.78, 5) is 11.8. The van der Waals surface area contributed by atoms with E-state index in [-0.39, 0.29) is 11.6 Å². The van der Waals surface area contributed by atoms with Gasteiger partial charge in [0.05, 0.1) is 5.69 Å². The van der Waals surface area contributed by atoms with Crippen molar-refractivity contribution in [1.29, 1.82) is 0 Å². The predicted octanol–water partition coefficient (Wildman–Crippen LogP) is 3.23. The molecule has 4 heteroatoms. The molecule has 0 radical (unpaired) electrons. The first kappa shape index (κ1) is 15.6. The second-order valence-electron chi connectivity index (χ2n) is 4.92. The molecule has 1 rings (SSSR count). The molecule has 0 fully saturated rings. The molecule has 0 aliphatic rings. The Hall–Kier alpha value is -1.42. The third-order valence-corrected chi connectivity index (χ3v) is 3.33. The van der Waals surface area contributed by atoms with Gasteiger partial charge in [-0.25, -0.2) is 4.39 Å². The minimum absolute atomic E-state index is 0.139. The van der Waals surface area contributed by atoms with Crippen LogP contribution in [0.15, 0.2) is 18.2 Å². The van der Waals surface area contributed by atoms with E-state index in [0.717, 1.165) is 24.8 Å². The Balaban J connectivity index is 2.48. The minimum Gasteiger partial charge on any atom is -0.330 e. The molecule has 0 saturated carbocycles. The molecular weight excluding hydrogens is 243 g/mol. The summed E-state index contributed by atoms with van der Waals surface area (Å²) >= 11 is 0. The van der Waals surface area contributed by atoms with Gasteiger partial charge in [0.2, 0.25) is 5.91 Å². The second-order valence-corrected chi connectivity index (χ2v) is 4.92. The normalized spacial score (nSPS) is 12.2. The Morgan fingerprint density at radius 1 is 1.42 bits per heavy atom. The molecular formula is C15H23FN2O. The molecule has 0 spiro atoms. The van der Waals surface area contributed by atoms with Crippen molar-refractivity contribution in [3.05, 3.63) is 29.6 Å². The highest BCUT2D eigenvalue weighted by Crippen LogP contribution is 2.18. The zero-order chi connectivity index (χ0) is 14.3. The zero-order valence-electron chi connectivity index (χ0n) is 11.7. The van der Waals surface area contributed by atoms with Gasteiger partial charge in [0.25, 0.3) is 0 Å². The lowest BCUT2D eigenvalue weighted by Crippen LogP contribution is -2.15. The quantitative estimate of drug-likeness (QED) is 0.796. The lowest BCUT2D eigenvalue weighted by Gasteiger charge is -2.13. The molecule has 3 N–H and O–H groups in total. The summed E-state index contributed by atoms with van der Waals surface area (Å²) in [6.45, 7) is 4.61. The van der Waals surface area contributed by atoms with Gasteiger partial charge in [-0.1, -0.05) is 19.4 Å². The lowest BCUT2D eigenvalue weighted by molar-refractivity contribution is -0.116. The van der Waals surface area contributed by atoms with Gasteiger partial charge >= 0.3 is 0 Å². The molecule has 0 aliphatic heterocycles. The molecule has 1 aromatic carbocycles. The van der Waals surface area contributed by atoms with Crippen molar-refractivity contribution in [2.24, 2.45) is 11.7 Å². The van der Waals surface area contributed by atoms with E-state index in [1.807, 2.05) is 6.92 Å². The standard InChI is InChI=1S/C15H23FN2O/c1-3-12(8-9-17)5-7-15(19)18-14-10-11(2)4-6-13(14)16/h4,6,10,12H,3,5,7-9,17H2,1-2H3,(H,18,19). The van der Waals surface area contributed by atoms with Crippen LogP contribution < -0.4 is 11.1 Å². The van der Waals surface area contributed by atoms with Crippen LogP contribution in [0.3, 0.4) is 0 Å². The number of nitrogens with one attached hydrogen (secondary N) is 1. The van der Waals surface area contributed by atoms with Gasteiger partial charge in [-0.2, -0.15) is 0 Å². The summed E-state index contributed by atoms with van der Waals surface area (Å²) in [5.41, 5.74) is 6.70.